The number of nitrogens with zero attached hydrogens (tertiary/aromatic N) is 5. The van der Waals surface area contributed by atoms with Crippen LogP contribution in [0.5, 0.6) is 5.75 Å². The summed E-state index contributed by atoms with van der Waals surface area (Å²) in [5.41, 5.74) is 4.78. The number of imidazole rings is 1. The number of aliphatic carboxylic acids is 1. The molecule has 3 aromatic carbocycles. The Morgan fingerprint density at radius 1 is 0.929 bits per heavy atom. The number of carboxylic acid groups (broad SMARTS) is 1. The maximum atomic E-state index is 12.3. The topological polar surface area (TPSA) is 103 Å². The fraction of sp³-hybridized carbons (Fsp3) is 0.242. The summed E-state index contributed by atoms with van der Waals surface area (Å²) >= 11 is 1.63. The zero-order valence-electron chi connectivity index (χ0n) is 22.9. The first-order valence-electron chi connectivity index (χ1n) is 14.2. The molecule has 210 valence electrons. The van der Waals surface area contributed by atoms with Gasteiger partial charge in [0.15, 0.2) is 5.82 Å². The predicted molar refractivity (Wildman–Crippen MR) is 163 cm³/mol. The summed E-state index contributed by atoms with van der Waals surface area (Å²) in [6.45, 7) is 0.954. The van der Waals surface area contributed by atoms with Crippen LogP contribution in [0.1, 0.15) is 48.0 Å². The second kappa shape index (κ2) is 11.3. The minimum atomic E-state index is -0.745. The Bertz CT molecular complexity index is 1830. The van der Waals surface area contributed by atoms with Gasteiger partial charge in [-0.1, -0.05) is 49.2 Å². The van der Waals surface area contributed by atoms with Crippen LogP contribution in [0.25, 0.3) is 32.6 Å². The Kier molecular flexibility index (Phi) is 7.09. The lowest BCUT2D eigenvalue weighted by atomic mass is 9.78. The molecule has 42 heavy (non-hydrogen) atoms. The highest BCUT2D eigenvalue weighted by Crippen LogP contribution is 2.39. The van der Waals surface area contributed by atoms with Gasteiger partial charge in [-0.25, -0.2) is 19.9 Å². The van der Waals surface area contributed by atoms with Crippen LogP contribution in [0.4, 0.5) is 0 Å². The van der Waals surface area contributed by atoms with Gasteiger partial charge in [0.2, 0.25) is 0 Å². The number of ether oxygens (including phenoxy) is 1. The van der Waals surface area contributed by atoms with Crippen LogP contribution in [0.2, 0.25) is 0 Å². The Balaban J connectivity index is 1.21. The van der Waals surface area contributed by atoms with Gasteiger partial charge in [-0.05, 0) is 48.7 Å². The van der Waals surface area contributed by atoms with Crippen molar-refractivity contribution >= 4 is 38.6 Å². The van der Waals surface area contributed by atoms with Crippen molar-refractivity contribution in [2.24, 2.45) is 5.92 Å². The number of hydrogen-bond acceptors (Lipinski definition) is 7. The number of para-hydroxylation sites is 1. The number of hydrogen-bond donors (Lipinski definition) is 1. The number of rotatable bonds is 8. The van der Waals surface area contributed by atoms with Crippen molar-refractivity contribution in [2.75, 3.05) is 0 Å². The first kappa shape index (κ1) is 26.3. The quantitative estimate of drug-likeness (QED) is 0.207. The second-order valence-corrected chi connectivity index (χ2v) is 11.8. The summed E-state index contributed by atoms with van der Waals surface area (Å²) in [6.07, 6.45) is 6.89. The molecule has 0 radical (unpaired) electrons. The molecule has 1 N–H and O–H groups in total. The third-order valence-electron chi connectivity index (χ3n) is 7.98. The van der Waals surface area contributed by atoms with Gasteiger partial charge in [0.1, 0.15) is 23.2 Å². The number of carboxylic acids is 1. The summed E-state index contributed by atoms with van der Waals surface area (Å²) in [5, 5.41) is 11.0. The molecular formula is C33H29N5O3S. The number of benzene rings is 3. The van der Waals surface area contributed by atoms with Gasteiger partial charge < -0.3 is 14.4 Å². The second-order valence-electron chi connectivity index (χ2n) is 10.7. The van der Waals surface area contributed by atoms with Crippen molar-refractivity contribution in [1.29, 1.82) is 0 Å². The van der Waals surface area contributed by atoms with E-state index in [2.05, 4.69) is 37.7 Å². The van der Waals surface area contributed by atoms with E-state index in [1.165, 1.54) is 0 Å². The minimum absolute atomic E-state index is 0.146. The maximum absolute atomic E-state index is 12.3. The van der Waals surface area contributed by atoms with Crippen LogP contribution < -0.4 is 4.74 Å². The third-order valence-corrected chi connectivity index (χ3v) is 8.99. The summed E-state index contributed by atoms with van der Waals surface area (Å²) in [4.78, 5) is 30.7. The SMILES string of the molecule is O=C(O)[C@H]1CCCC[C@H]1c1nc2cc(OCc3nc4ccccc4s3)ccc2n1Cc1ccc(-c2ncccn2)cc1. The zero-order valence-corrected chi connectivity index (χ0v) is 23.7. The smallest absolute Gasteiger partial charge is 0.307 e. The molecule has 2 atom stereocenters. The number of thiazole rings is 1. The molecular weight excluding hydrogens is 546 g/mol. The molecule has 8 nitrogen and oxygen atoms in total. The van der Waals surface area contributed by atoms with E-state index in [1.807, 2.05) is 48.5 Å². The normalized spacial score (nSPS) is 17.0. The summed E-state index contributed by atoms with van der Waals surface area (Å²) in [7, 11) is 0. The van der Waals surface area contributed by atoms with Gasteiger partial charge in [0.25, 0.3) is 0 Å². The molecule has 1 fully saturated rings. The summed E-state index contributed by atoms with van der Waals surface area (Å²) in [6, 6.07) is 24.0. The monoisotopic (exact) mass is 575 g/mol. The van der Waals surface area contributed by atoms with E-state index in [1.54, 1.807) is 29.8 Å². The molecule has 1 saturated carbocycles. The average molecular weight is 576 g/mol. The minimum Gasteiger partial charge on any atom is -0.486 e. The Hall–Kier alpha value is -4.63. The molecule has 0 amide bonds. The zero-order chi connectivity index (χ0) is 28.5. The lowest BCUT2D eigenvalue weighted by molar-refractivity contribution is -0.143. The van der Waals surface area contributed by atoms with Gasteiger partial charge in [-0.3, -0.25) is 4.79 Å². The van der Waals surface area contributed by atoms with Crippen molar-refractivity contribution in [3.63, 3.8) is 0 Å². The lowest BCUT2D eigenvalue weighted by Crippen LogP contribution is -2.27. The van der Waals surface area contributed by atoms with Gasteiger partial charge in [0.05, 0.1) is 27.2 Å². The first-order chi connectivity index (χ1) is 20.6. The van der Waals surface area contributed by atoms with Gasteiger partial charge in [-0.15, -0.1) is 11.3 Å². The summed E-state index contributed by atoms with van der Waals surface area (Å²) in [5.74, 6) is 0.891. The fourth-order valence-electron chi connectivity index (χ4n) is 5.92. The van der Waals surface area contributed by atoms with Crippen molar-refractivity contribution in [2.45, 2.75) is 44.8 Å². The maximum Gasteiger partial charge on any atom is 0.307 e. The average Bonchev–Trinajstić information content (AvgIpc) is 3.61. The van der Waals surface area contributed by atoms with Crippen molar-refractivity contribution in [3.8, 4) is 17.1 Å². The molecule has 0 unspecified atom stereocenters. The molecule has 3 heterocycles. The van der Waals surface area contributed by atoms with E-state index in [9.17, 15) is 9.90 Å². The molecule has 9 heteroatoms. The van der Waals surface area contributed by atoms with Crippen LogP contribution in [0.3, 0.4) is 0 Å². The van der Waals surface area contributed by atoms with E-state index < -0.39 is 11.9 Å². The molecule has 0 spiro atoms. The first-order valence-corrected chi connectivity index (χ1v) is 15.0. The van der Waals surface area contributed by atoms with E-state index in [0.717, 1.165) is 62.5 Å². The molecule has 7 rings (SSSR count). The number of aromatic nitrogens is 5. The lowest BCUT2D eigenvalue weighted by Gasteiger charge is -2.28. The molecule has 1 aliphatic carbocycles. The van der Waals surface area contributed by atoms with Gasteiger partial charge in [0, 0.05) is 36.5 Å². The Morgan fingerprint density at radius 2 is 1.74 bits per heavy atom. The van der Waals surface area contributed by atoms with E-state index in [0.29, 0.717) is 31.1 Å². The molecule has 0 aliphatic heterocycles. The molecule has 0 saturated heterocycles. The van der Waals surface area contributed by atoms with Crippen LogP contribution in [-0.2, 0) is 17.9 Å². The Morgan fingerprint density at radius 3 is 2.55 bits per heavy atom. The summed E-state index contributed by atoms with van der Waals surface area (Å²) < 4.78 is 9.48. The largest absolute Gasteiger partial charge is 0.486 e. The van der Waals surface area contributed by atoms with Crippen LogP contribution in [-0.4, -0.2) is 35.6 Å². The number of fused-ring (bicyclic) bond motifs is 2. The third kappa shape index (κ3) is 5.23. The fourth-order valence-corrected chi connectivity index (χ4v) is 6.80. The van der Waals surface area contributed by atoms with E-state index in [4.69, 9.17) is 9.72 Å². The highest BCUT2D eigenvalue weighted by atomic mass is 32.1. The van der Waals surface area contributed by atoms with Crippen LogP contribution in [0.15, 0.2) is 85.2 Å². The van der Waals surface area contributed by atoms with Crippen LogP contribution in [0, 0.1) is 5.92 Å². The highest BCUT2D eigenvalue weighted by molar-refractivity contribution is 7.18. The molecule has 6 aromatic rings. The highest BCUT2D eigenvalue weighted by Gasteiger charge is 2.35. The standard InChI is InChI=1S/C33H29N5O3S/c39-33(40)25-7-2-1-6-24(25)32-37-27-18-23(41-20-30-36-26-8-3-4-9-29(26)42-30)14-15-28(27)38(32)19-21-10-12-22(13-11-21)31-34-16-5-17-35-31/h3-5,8-18,24-25H,1-2,6-7,19-20H2,(H,39,40)/t24-,25+/m1/s1. The molecule has 3 aromatic heterocycles. The van der Waals surface area contributed by atoms with Crippen molar-refractivity contribution < 1.29 is 14.6 Å². The van der Waals surface area contributed by atoms with E-state index >= 15 is 0 Å². The Labute approximate surface area is 246 Å². The van der Waals surface area contributed by atoms with Gasteiger partial charge >= 0.3 is 5.97 Å². The van der Waals surface area contributed by atoms with Crippen molar-refractivity contribution in [3.05, 3.63) is 102 Å². The molecule has 0 bridgehead atoms. The van der Waals surface area contributed by atoms with Crippen LogP contribution >= 0.6 is 11.3 Å². The molecule has 1 aliphatic rings. The predicted octanol–water partition coefficient (Wildman–Crippen LogP) is 7.09. The van der Waals surface area contributed by atoms with Crippen molar-refractivity contribution in [1.82, 2.24) is 24.5 Å². The van der Waals surface area contributed by atoms with Gasteiger partial charge in [-0.2, -0.15) is 0 Å². The number of carbonyl (C=O) groups is 1. The van der Waals surface area contributed by atoms with E-state index in [-0.39, 0.29) is 5.92 Å².